The molecular weight excluding hydrogens is 582 g/mol. The third-order valence-electron chi connectivity index (χ3n) is 4.54. The van der Waals surface area contributed by atoms with Crippen LogP contribution < -0.4 is 25.0 Å². The summed E-state index contributed by atoms with van der Waals surface area (Å²) in [7, 11) is 1.50. The highest BCUT2D eigenvalue weighted by molar-refractivity contribution is 9.11. The molecule has 35 heavy (non-hydrogen) atoms. The second kappa shape index (κ2) is 12.9. The summed E-state index contributed by atoms with van der Waals surface area (Å²) < 4.78 is 17.9. The maximum Gasteiger partial charge on any atom is 0.271 e. The van der Waals surface area contributed by atoms with Crippen LogP contribution in [0.5, 0.6) is 17.2 Å². The van der Waals surface area contributed by atoms with E-state index in [2.05, 4.69) is 47.7 Å². The van der Waals surface area contributed by atoms with Gasteiger partial charge in [0.15, 0.2) is 18.1 Å². The van der Waals surface area contributed by atoms with E-state index in [0.717, 1.165) is 4.47 Å². The number of benzene rings is 3. The van der Waals surface area contributed by atoms with E-state index in [1.807, 2.05) is 25.1 Å². The van der Waals surface area contributed by atoms with Gasteiger partial charge in [0.25, 0.3) is 11.8 Å². The summed E-state index contributed by atoms with van der Waals surface area (Å²) in [5.74, 6) is 0.654. The molecule has 3 rings (SSSR count). The summed E-state index contributed by atoms with van der Waals surface area (Å²) in [6, 6.07) is 17.5. The molecule has 2 N–H and O–H groups in total. The van der Waals surface area contributed by atoms with Crippen molar-refractivity contribution in [3.63, 3.8) is 0 Å². The molecule has 0 aliphatic rings. The van der Waals surface area contributed by atoms with E-state index in [1.54, 1.807) is 42.5 Å². The predicted octanol–water partition coefficient (Wildman–Crippen LogP) is 5.40. The van der Waals surface area contributed by atoms with Crippen LogP contribution in [0.2, 0.25) is 0 Å². The van der Waals surface area contributed by atoms with Crippen LogP contribution in [0.1, 0.15) is 22.8 Å². The summed E-state index contributed by atoms with van der Waals surface area (Å²) >= 11 is 6.87. The zero-order valence-corrected chi connectivity index (χ0v) is 22.2. The van der Waals surface area contributed by atoms with Gasteiger partial charge < -0.3 is 19.5 Å². The highest BCUT2D eigenvalue weighted by Crippen LogP contribution is 2.32. The van der Waals surface area contributed by atoms with Gasteiger partial charge in [0.2, 0.25) is 0 Å². The molecule has 0 unspecified atom stereocenters. The van der Waals surface area contributed by atoms with Crippen molar-refractivity contribution in [1.82, 2.24) is 5.43 Å². The first-order chi connectivity index (χ1) is 16.9. The number of methoxy groups -OCH3 is 1. The summed E-state index contributed by atoms with van der Waals surface area (Å²) in [5.41, 5.74) is 4.05. The summed E-state index contributed by atoms with van der Waals surface area (Å²) in [6.45, 7) is 2.13. The van der Waals surface area contributed by atoms with Crippen molar-refractivity contribution >= 4 is 55.6 Å². The number of amides is 2. The van der Waals surface area contributed by atoms with Crippen molar-refractivity contribution < 1.29 is 23.8 Å². The molecule has 0 aromatic heterocycles. The van der Waals surface area contributed by atoms with Crippen LogP contribution >= 0.6 is 31.9 Å². The lowest BCUT2D eigenvalue weighted by molar-refractivity contribution is -0.118. The van der Waals surface area contributed by atoms with Gasteiger partial charge in [-0.1, -0.05) is 34.1 Å². The number of carbonyl (C=O) groups is 2. The molecule has 0 aliphatic carbocycles. The van der Waals surface area contributed by atoms with Crippen molar-refractivity contribution in [1.29, 1.82) is 0 Å². The van der Waals surface area contributed by atoms with Crippen LogP contribution in [0.3, 0.4) is 0 Å². The van der Waals surface area contributed by atoms with Gasteiger partial charge in [0.05, 0.1) is 24.4 Å². The van der Waals surface area contributed by atoms with Crippen LogP contribution in [0, 0.1) is 0 Å². The van der Waals surface area contributed by atoms with Gasteiger partial charge in [-0.15, -0.1) is 0 Å². The lowest BCUT2D eigenvalue weighted by atomic mass is 10.2. The summed E-state index contributed by atoms with van der Waals surface area (Å²) in [5, 5.41) is 6.81. The van der Waals surface area contributed by atoms with Crippen molar-refractivity contribution in [2.45, 2.75) is 6.92 Å². The highest BCUT2D eigenvalue weighted by atomic mass is 79.9. The zero-order valence-electron chi connectivity index (χ0n) is 19.0. The first kappa shape index (κ1) is 26.2. The number of nitrogens with zero attached hydrogens (tertiary/aromatic N) is 1. The molecule has 0 heterocycles. The molecule has 8 nitrogen and oxygen atoms in total. The number of halogens is 2. The number of hydrazone groups is 1. The van der Waals surface area contributed by atoms with Gasteiger partial charge in [-0.25, -0.2) is 5.43 Å². The smallest absolute Gasteiger partial charge is 0.271 e. The van der Waals surface area contributed by atoms with Crippen molar-refractivity contribution in [2.75, 3.05) is 25.6 Å². The number of hydrogen-bond acceptors (Lipinski definition) is 6. The molecule has 0 bridgehead atoms. The normalized spacial score (nSPS) is 10.6. The maximum atomic E-state index is 12.6. The van der Waals surface area contributed by atoms with Gasteiger partial charge in [0, 0.05) is 21.3 Å². The Morgan fingerprint density at radius 3 is 2.49 bits per heavy atom. The molecule has 182 valence electrons. The van der Waals surface area contributed by atoms with E-state index in [4.69, 9.17) is 14.2 Å². The molecule has 0 radical (unpaired) electrons. The fourth-order valence-electron chi connectivity index (χ4n) is 2.99. The zero-order chi connectivity index (χ0) is 25.2. The average Bonchev–Trinajstić information content (AvgIpc) is 2.84. The molecule has 0 saturated carbocycles. The number of anilines is 1. The van der Waals surface area contributed by atoms with E-state index < -0.39 is 5.91 Å². The quantitative estimate of drug-likeness (QED) is 0.238. The van der Waals surface area contributed by atoms with Gasteiger partial charge in [-0.05, 0) is 65.3 Å². The van der Waals surface area contributed by atoms with E-state index in [9.17, 15) is 9.59 Å². The average molecular weight is 605 g/mol. The number of hydrogen-bond donors (Lipinski definition) is 2. The van der Waals surface area contributed by atoms with Crippen molar-refractivity contribution in [3.05, 3.63) is 80.7 Å². The molecule has 0 atom stereocenters. The van der Waals surface area contributed by atoms with E-state index >= 15 is 0 Å². The molecule has 3 aromatic carbocycles. The SMILES string of the molecule is CCOc1ccc(C(=O)N/N=C/c2cc(Br)cc(Br)c2OCC(=O)Nc2ccccc2)cc1OC. The van der Waals surface area contributed by atoms with E-state index in [0.29, 0.717) is 45.1 Å². The first-order valence-electron chi connectivity index (χ1n) is 10.5. The van der Waals surface area contributed by atoms with Crippen molar-refractivity contribution in [3.8, 4) is 17.2 Å². The molecule has 2 amide bonds. The largest absolute Gasteiger partial charge is 0.493 e. The molecule has 0 spiro atoms. The molecular formula is C25H23Br2N3O5. The Kier molecular flexibility index (Phi) is 9.68. The third kappa shape index (κ3) is 7.56. The minimum Gasteiger partial charge on any atom is -0.493 e. The van der Waals surface area contributed by atoms with Gasteiger partial charge in [-0.3, -0.25) is 9.59 Å². The first-order valence-corrected chi connectivity index (χ1v) is 12.1. The van der Waals surface area contributed by atoms with E-state index in [1.165, 1.54) is 13.3 Å². The Balaban J connectivity index is 1.68. The predicted molar refractivity (Wildman–Crippen MR) is 142 cm³/mol. The molecule has 0 fully saturated rings. The molecule has 10 heteroatoms. The highest BCUT2D eigenvalue weighted by Gasteiger charge is 2.13. The van der Waals surface area contributed by atoms with Gasteiger partial charge in [0.1, 0.15) is 5.75 Å². The Hall–Kier alpha value is -3.37. The molecule has 3 aromatic rings. The number of carbonyl (C=O) groups excluding carboxylic acids is 2. The Bertz CT molecular complexity index is 1220. The minimum atomic E-state index is -0.429. The van der Waals surface area contributed by atoms with Crippen LogP contribution in [0.25, 0.3) is 0 Å². The number of para-hydroxylation sites is 1. The third-order valence-corrected chi connectivity index (χ3v) is 5.58. The second-order valence-electron chi connectivity index (χ2n) is 7.01. The fraction of sp³-hybridized carbons (Fsp3) is 0.160. The van der Waals surface area contributed by atoms with Crippen LogP contribution in [-0.4, -0.2) is 38.4 Å². The van der Waals surface area contributed by atoms with Crippen LogP contribution in [-0.2, 0) is 4.79 Å². The van der Waals surface area contributed by atoms with Gasteiger partial charge in [-0.2, -0.15) is 5.10 Å². The van der Waals surface area contributed by atoms with E-state index in [-0.39, 0.29) is 12.5 Å². The second-order valence-corrected chi connectivity index (χ2v) is 8.78. The fourth-order valence-corrected chi connectivity index (χ4v) is 4.37. The summed E-state index contributed by atoms with van der Waals surface area (Å²) in [4.78, 5) is 24.8. The number of ether oxygens (including phenoxy) is 3. The van der Waals surface area contributed by atoms with Crippen LogP contribution in [0.4, 0.5) is 5.69 Å². The minimum absolute atomic E-state index is 0.214. The lowest BCUT2D eigenvalue weighted by Gasteiger charge is -2.12. The number of nitrogens with one attached hydrogen (secondary N) is 2. The lowest BCUT2D eigenvalue weighted by Crippen LogP contribution is -2.21. The maximum absolute atomic E-state index is 12.6. The monoisotopic (exact) mass is 603 g/mol. The topological polar surface area (TPSA) is 98.3 Å². The van der Waals surface area contributed by atoms with Crippen molar-refractivity contribution in [2.24, 2.45) is 5.10 Å². The Labute approximate surface area is 219 Å². The Morgan fingerprint density at radius 2 is 1.77 bits per heavy atom. The standard InChI is InChI=1S/C25H23Br2N3O5/c1-3-34-21-10-9-16(12-22(21)33-2)25(32)30-28-14-17-11-18(26)13-20(27)24(17)35-15-23(31)29-19-7-5-4-6-8-19/h4-14H,3,15H2,1-2H3,(H,29,31)(H,30,32)/b28-14+. The Morgan fingerprint density at radius 1 is 1.00 bits per heavy atom. The van der Waals surface area contributed by atoms with Crippen LogP contribution in [0.15, 0.2) is 74.7 Å². The summed E-state index contributed by atoms with van der Waals surface area (Å²) in [6.07, 6.45) is 1.43. The van der Waals surface area contributed by atoms with Gasteiger partial charge >= 0.3 is 0 Å². The molecule has 0 saturated heterocycles. The number of rotatable bonds is 10. The molecule has 0 aliphatic heterocycles.